The minimum Gasteiger partial charge on any atom is -0.406 e. The zero-order chi connectivity index (χ0) is 23.7. The Morgan fingerprint density at radius 3 is 2.38 bits per heavy atom. The van der Waals surface area contributed by atoms with E-state index in [-0.39, 0.29) is 0 Å². The molecule has 0 bridgehead atoms. The van der Waals surface area contributed by atoms with Gasteiger partial charge in [0, 0.05) is 32.7 Å². The number of anilines is 1. The number of hydrogen-bond donors (Lipinski definition) is 2. The second kappa shape index (κ2) is 9.09. The Kier molecular flexibility index (Phi) is 5.99. The lowest BCUT2D eigenvalue weighted by Gasteiger charge is -2.36. The summed E-state index contributed by atoms with van der Waals surface area (Å²) in [5, 5.41) is 0. The van der Waals surface area contributed by atoms with Crippen LogP contribution in [-0.2, 0) is 22.4 Å². The molecule has 2 heterocycles. The third kappa shape index (κ3) is 4.91. The molecular formula is C25H25N3O5S. The van der Waals surface area contributed by atoms with Gasteiger partial charge >= 0.3 is 5.76 Å². The van der Waals surface area contributed by atoms with E-state index in [0.29, 0.717) is 16.7 Å². The number of hydrogen-bond acceptors (Lipinski definition) is 6. The van der Waals surface area contributed by atoms with Crippen LogP contribution in [0.3, 0.4) is 0 Å². The van der Waals surface area contributed by atoms with Crippen molar-refractivity contribution in [2.24, 2.45) is 0 Å². The highest BCUT2D eigenvalue weighted by Gasteiger charge is 2.23. The van der Waals surface area contributed by atoms with Gasteiger partial charge in [0.05, 0.1) is 11.2 Å². The topological polar surface area (TPSA) is 107 Å². The van der Waals surface area contributed by atoms with Gasteiger partial charge in [0.2, 0.25) is 0 Å². The van der Waals surface area contributed by atoms with Gasteiger partial charge < -0.3 is 9.32 Å². The third-order valence-electron chi connectivity index (χ3n) is 6.14. The monoisotopic (exact) mass is 479 g/mol. The summed E-state index contributed by atoms with van der Waals surface area (Å²) in [6.07, 6.45) is 0. The number of benzene rings is 3. The fourth-order valence-corrected chi connectivity index (χ4v) is 5.16. The van der Waals surface area contributed by atoms with Crippen LogP contribution in [0, 0.1) is 0 Å². The molecule has 0 amide bonds. The quantitative estimate of drug-likeness (QED) is 0.408. The number of nitrogens with one attached hydrogen (secondary N) is 1. The van der Waals surface area contributed by atoms with Gasteiger partial charge in [-0.05, 0) is 34.4 Å². The molecule has 9 heteroatoms. The lowest BCUT2D eigenvalue weighted by Crippen LogP contribution is -2.46. The molecule has 5 rings (SSSR count). The molecule has 176 valence electrons. The van der Waals surface area contributed by atoms with Gasteiger partial charge in [-0.3, -0.25) is 14.4 Å². The summed E-state index contributed by atoms with van der Waals surface area (Å²) >= 11 is 0. The van der Waals surface area contributed by atoms with Crippen molar-refractivity contribution in [1.82, 2.24) is 9.88 Å². The average molecular weight is 480 g/mol. The van der Waals surface area contributed by atoms with Crippen molar-refractivity contribution in [3.05, 3.63) is 88.4 Å². The molecule has 4 aromatic rings. The smallest absolute Gasteiger partial charge is 0.406 e. The highest BCUT2D eigenvalue weighted by atomic mass is 32.2. The Labute approximate surface area is 197 Å². The first-order valence-electron chi connectivity index (χ1n) is 11.1. The molecule has 0 radical (unpaired) electrons. The molecule has 0 saturated carbocycles. The van der Waals surface area contributed by atoms with E-state index < -0.39 is 21.6 Å². The van der Waals surface area contributed by atoms with Crippen LogP contribution >= 0.6 is 0 Å². The predicted octanol–water partition coefficient (Wildman–Crippen LogP) is 3.50. The lowest BCUT2D eigenvalue weighted by molar-refractivity contribution is 0.250. The van der Waals surface area contributed by atoms with Gasteiger partial charge in [-0.25, -0.2) is 4.79 Å². The fraction of sp³-hybridized carbons (Fsp3) is 0.240. The standard InChI is InChI=1S/C25H25N3O5S/c29-25-26-23-21(17-34(30,31)32)9-10-22(24(23)33-25)28-13-11-27(12-14-28)16-18-5-4-8-20(15-18)19-6-2-1-3-7-19/h1-10,15H,11-14,16-17H2,(H,26,29)(H,30,31,32). The number of aromatic amines is 1. The van der Waals surface area contributed by atoms with Gasteiger partial charge in [0.1, 0.15) is 5.75 Å². The Morgan fingerprint density at radius 2 is 1.65 bits per heavy atom. The van der Waals surface area contributed by atoms with E-state index in [0.717, 1.165) is 38.4 Å². The van der Waals surface area contributed by atoms with Crippen molar-refractivity contribution >= 4 is 26.9 Å². The predicted molar refractivity (Wildman–Crippen MR) is 131 cm³/mol. The molecule has 0 atom stereocenters. The maximum Gasteiger partial charge on any atom is 0.417 e. The minimum absolute atomic E-state index is 0.295. The summed E-state index contributed by atoms with van der Waals surface area (Å²) in [6, 6.07) is 22.3. The van der Waals surface area contributed by atoms with E-state index in [1.165, 1.54) is 16.7 Å². The molecule has 0 spiro atoms. The number of aromatic nitrogens is 1. The number of piperazine rings is 1. The van der Waals surface area contributed by atoms with Gasteiger partial charge in [-0.15, -0.1) is 0 Å². The van der Waals surface area contributed by atoms with Crippen LogP contribution in [0.2, 0.25) is 0 Å². The second-order valence-electron chi connectivity index (χ2n) is 8.52. The highest BCUT2D eigenvalue weighted by Crippen LogP contribution is 2.30. The van der Waals surface area contributed by atoms with Crippen LogP contribution in [-0.4, -0.2) is 49.0 Å². The minimum atomic E-state index is -4.24. The second-order valence-corrected chi connectivity index (χ2v) is 9.97. The average Bonchev–Trinajstić information content (AvgIpc) is 3.22. The van der Waals surface area contributed by atoms with Crippen molar-refractivity contribution in [2.45, 2.75) is 12.3 Å². The molecule has 0 aliphatic carbocycles. The first kappa shape index (κ1) is 22.4. The van der Waals surface area contributed by atoms with Crippen molar-refractivity contribution in [2.75, 3.05) is 31.1 Å². The molecule has 8 nitrogen and oxygen atoms in total. The molecule has 0 unspecified atom stereocenters. The normalized spacial score (nSPS) is 15.1. The molecular weight excluding hydrogens is 454 g/mol. The lowest BCUT2D eigenvalue weighted by atomic mass is 10.0. The Hall–Kier alpha value is -3.40. The highest BCUT2D eigenvalue weighted by molar-refractivity contribution is 7.85. The van der Waals surface area contributed by atoms with E-state index in [1.54, 1.807) is 12.1 Å². The summed E-state index contributed by atoms with van der Waals surface area (Å²) in [4.78, 5) is 18.9. The Balaban J connectivity index is 1.30. The van der Waals surface area contributed by atoms with Crippen LogP contribution < -0.4 is 10.7 Å². The number of fused-ring (bicyclic) bond motifs is 1. The fourth-order valence-electron chi connectivity index (χ4n) is 4.52. The van der Waals surface area contributed by atoms with Crippen molar-refractivity contribution in [3.8, 4) is 11.1 Å². The molecule has 2 N–H and O–H groups in total. The number of nitrogens with zero attached hydrogens (tertiary/aromatic N) is 2. The molecule has 3 aromatic carbocycles. The first-order chi connectivity index (χ1) is 16.4. The van der Waals surface area contributed by atoms with E-state index in [4.69, 9.17) is 4.42 Å². The van der Waals surface area contributed by atoms with Crippen LogP contribution in [0.25, 0.3) is 22.2 Å². The molecule has 1 aliphatic heterocycles. The van der Waals surface area contributed by atoms with Gasteiger partial charge in [-0.1, -0.05) is 54.6 Å². The number of H-pyrrole nitrogens is 1. The molecule has 1 fully saturated rings. The van der Waals surface area contributed by atoms with Crippen LogP contribution in [0.5, 0.6) is 0 Å². The van der Waals surface area contributed by atoms with Crippen LogP contribution in [0.4, 0.5) is 5.69 Å². The maximum absolute atomic E-state index is 11.9. The molecule has 1 saturated heterocycles. The Bertz CT molecular complexity index is 1470. The van der Waals surface area contributed by atoms with Crippen molar-refractivity contribution in [1.29, 1.82) is 0 Å². The van der Waals surface area contributed by atoms with E-state index >= 15 is 0 Å². The Morgan fingerprint density at radius 1 is 0.912 bits per heavy atom. The number of oxazole rings is 1. The van der Waals surface area contributed by atoms with Crippen molar-refractivity contribution < 1.29 is 17.4 Å². The molecule has 1 aromatic heterocycles. The van der Waals surface area contributed by atoms with Gasteiger partial charge in [0.15, 0.2) is 5.58 Å². The van der Waals surface area contributed by atoms with Gasteiger partial charge in [-0.2, -0.15) is 8.42 Å². The molecule has 1 aliphatic rings. The summed E-state index contributed by atoms with van der Waals surface area (Å²) in [5.74, 6) is -1.24. The summed E-state index contributed by atoms with van der Waals surface area (Å²) in [7, 11) is -4.24. The summed E-state index contributed by atoms with van der Waals surface area (Å²) in [5.41, 5.74) is 5.30. The third-order valence-corrected chi connectivity index (χ3v) is 6.81. The zero-order valence-electron chi connectivity index (χ0n) is 18.5. The first-order valence-corrected chi connectivity index (χ1v) is 12.7. The van der Waals surface area contributed by atoms with Crippen LogP contribution in [0.1, 0.15) is 11.1 Å². The van der Waals surface area contributed by atoms with Gasteiger partial charge in [0.25, 0.3) is 10.1 Å². The van der Waals surface area contributed by atoms with E-state index in [2.05, 4.69) is 51.2 Å². The summed E-state index contributed by atoms with van der Waals surface area (Å²) in [6.45, 7) is 3.98. The number of rotatable bonds is 6. The SMILES string of the molecule is O=c1[nH]c2c(CS(=O)(=O)O)ccc(N3CCN(Cc4cccc(-c5ccccc5)c4)CC3)c2o1. The molecule has 34 heavy (non-hydrogen) atoms. The van der Waals surface area contributed by atoms with E-state index in [1.807, 2.05) is 18.2 Å². The largest absolute Gasteiger partial charge is 0.417 e. The van der Waals surface area contributed by atoms with Crippen LogP contribution in [0.15, 0.2) is 75.9 Å². The summed E-state index contributed by atoms with van der Waals surface area (Å²) < 4.78 is 37.2. The zero-order valence-corrected chi connectivity index (χ0v) is 19.3. The van der Waals surface area contributed by atoms with Crippen molar-refractivity contribution in [3.63, 3.8) is 0 Å². The van der Waals surface area contributed by atoms with E-state index in [9.17, 15) is 17.8 Å². The maximum atomic E-state index is 11.9.